The molecule has 1 aromatic heterocycles. The van der Waals surface area contributed by atoms with Crippen LogP contribution in [0.15, 0.2) is 24.4 Å². The Hall–Kier alpha value is -2.33. The molecule has 6 nitrogen and oxygen atoms in total. The van der Waals surface area contributed by atoms with Crippen LogP contribution in [0.4, 0.5) is 43.8 Å². The molecule has 2 heterocycles. The number of nitrogens with zero attached hydrogens (tertiary/aromatic N) is 2. The normalized spacial score (nSPS) is 17.8. The molecule has 0 spiro atoms. The van der Waals surface area contributed by atoms with Crippen molar-refractivity contribution in [3.63, 3.8) is 0 Å². The molecule has 0 bridgehead atoms. The lowest BCUT2D eigenvalue weighted by atomic mass is 10.1. The van der Waals surface area contributed by atoms with E-state index < -0.39 is 36.4 Å². The first kappa shape index (κ1) is 24.3. The van der Waals surface area contributed by atoms with E-state index in [1.54, 1.807) is 0 Å². The minimum absolute atomic E-state index is 0.0566. The number of hydrogen-bond donors (Lipinski definition) is 3. The Labute approximate surface area is 180 Å². The molecule has 0 radical (unpaired) electrons. The van der Waals surface area contributed by atoms with Gasteiger partial charge >= 0.3 is 12.4 Å². The van der Waals surface area contributed by atoms with Crippen LogP contribution >= 0.6 is 7.14 Å². The van der Waals surface area contributed by atoms with Gasteiger partial charge in [0.15, 0.2) is 0 Å². The van der Waals surface area contributed by atoms with Gasteiger partial charge in [-0.25, -0.2) is 4.98 Å². The fourth-order valence-electron chi connectivity index (χ4n) is 3.30. The van der Waals surface area contributed by atoms with E-state index in [1.807, 2.05) is 0 Å². The van der Waals surface area contributed by atoms with Crippen LogP contribution in [0.25, 0.3) is 0 Å². The molecule has 3 rings (SSSR count). The first-order chi connectivity index (χ1) is 14.7. The van der Waals surface area contributed by atoms with Crippen molar-refractivity contribution in [1.82, 2.24) is 15.3 Å². The first-order valence-electron chi connectivity index (χ1n) is 9.70. The van der Waals surface area contributed by atoms with Crippen LogP contribution in [0, 0.1) is 0 Å². The van der Waals surface area contributed by atoms with Gasteiger partial charge in [0.25, 0.3) is 0 Å². The number of halogens is 6. The van der Waals surface area contributed by atoms with Gasteiger partial charge in [-0.1, -0.05) is 0 Å². The fourth-order valence-corrected chi connectivity index (χ4v) is 4.46. The number of anilines is 3. The van der Waals surface area contributed by atoms with Crippen molar-refractivity contribution in [2.24, 2.45) is 0 Å². The molecule has 1 fully saturated rings. The van der Waals surface area contributed by atoms with Crippen molar-refractivity contribution < 1.29 is 30.9 Å². The van der Waals surface area contributed by atoms with Crippen molar-refractivity contribution in [2.45, 2.75) is 31.2 Å². The summed E-state index contributed by atoms with van der Waals surface area (Å²) in [4.78, 5) is 7.68. The lowest BCUT2D eigenvalue weighted by Crippen LogP contribution is -2.38. The van der Waals surface area contributed by atoms with E-state index in [0.717, 1.165) is 25.5 Å². The summed E-state index contributed by atoms with van der Waals surface area (Å²) >= 11 is 0. The van der Waals surface area contributed by atoms with Crippen LogP contribution in [-0.2, 0) is 16.9 Å². The van der Waals surface area contributed by atoms with Gasteiger partial charge in [-0.3, -0.25) is 0 Å². The highest BCUT2D eigenvalue weighted by Gasteiger charge is 2.37. The Morgan fingerprint density at radius 3 is 2.41 bits per heavy atom. The maximum absolute atomic E-state index is 13.5. The first-order valence-corrected chi connectivity index (χ1v) is 12.3. The van der Waals surface area contributed by atoms with Gasteiger partial charge in [-0.15, -0.1) is 0 Å². The zero-order valence-corrected chi connectivity index (χ0v) is 18.1. The predicted molar refractivity (Wildman–Crippen MR) is 110 cm³/mol. The number of rotatable bonds is 5. The van der Waals surface area contributed by atoms with E-state index in [9.17, 15) is 30.9 Å². The van der Waals surface area contributed by atoms with E-state index in [-0.39, 0.29) is 23.0 Å². The number of hydrogen-bond acceptors (Lipinski definition) is 6. The van der Waals surface area contributed by atoms with Gasteiger partial charge in [0.2, 0.25) is 5.95 Å². The monoisotopic (exact) mass is 481 g/mol. The van der Waals surface area contributed by atoms with Gasteiger partial charge in [0, 0.05) is 24.1 Å². The highest BCUT2D eigenvalue weighted by Crippen LogP contribution is 2.42. The molecular formula is C19H22F6N5OP. The number of alkyl halides is 6. The lowest BCUT2D eigenvalue weighted by molar-refractivity contribution is -0.138. The molecule has 1 aliphatic rings. The molecule has 3 N–H and O–H groups in total. The van der Waals surface area contributed by atoms with Crippen LogP contribution in [0.3, 0.4) is 0 Å². The minimum Gasteiger partial charge on any atom is -0.350 e. The predicted octanol–water partition coefficient (Wildman–Crippen LogP) is 4.67. The SMILES string of the molecule is CP(C)(=O)c1cc(C(F)(F)F)ccc1Nc1nc(N[C@H]2CCCNC2)ncc1C(F)(F)F. The van der Waals surface area contributed by atoms with Crippen molar-refractivity contribution in [2.75, 3.05) is 37.1 Å². The fraction of sp³-hybridized carbons (Fsp3) is 0.474. The summed E-state index contributed by atoms with van der Waals surface area (Å²) in [7, 11) is -3.30. The quantitative estimate of drug-likeness (QED) is 0.426. The minimum atomic E-state index is -4.82. The molecule has 13 heteroatoms. The molecule has 0 aliphatic carbocycles. The molecule has 0 saturated carbocycles. The van der Waals surface area contributed by atoms with Crippen molar-refractivity contribution in [3.05, 3.63) is 35.5 Å². The molecule has 32 heavy (non-hydrogen) atoms. The summed E-state index contributed by atoms with van der Waals surface area (Å²) in [5.41, 5.74) is -2.40. The van der Waals surface area contributed by atoms with E-state index in [0.29, 0.717) is 24.9 Å². The Kier molecular flexibility index (Phi) is 6.76. The van der Waals surface area contributed by atoms with Crippen LogP contribution in [0.5, 0.6) is 0 Å². The van der Waals surface area contributed by atoms with Crippen LogP contribution in [-0.4, -0.2) is 42.4 Å². The van der Waals surface area contributed by atoms with Crippen LogP contribution in [0.1, 0.15) is 24.0 Å². The zero-order valence-electron chi connectivity index (χ0n) is 17.2. The second-order valence-corrected chi connectivity index (χ2v) is 11.0. The molecule has 0 unspecified atom stereocenters. The average Bonchev–Trinajstić information content (AvgIpc) is 2.66. The summed E-state index contributed by atoms with van der Waals surface area (Å²) in [6.45, 7) is 3.90. The molecule has 1 saturated heterocycles. The van der Waals surface area contributed by atoms with Crippen LogP contribution < -0.4 is 21.3 Å². The molecule has 1 aromatic carbocycles. The topological polar surface area (TPSA) is 78.9 Å². The van der Waals surface area contributed by atoms with Gasteiger partial charge < -0.3 is 20.5 Å². The highest BCUT2D eigenvalue weighted by molar-refractivity contribution is 7.70. The second kappa shape index (κ2) is 8.90. The van der Waals surface area contributed by atoms with E-state index >= 15 is 0 Å². The van der Waals surface area contributed by atoms with Gasteiger partial charge in [-0.05, 0) is 50.9 Å². The Bertz CT molecular complexity index is 1010. The average molecular weight is 481 g/mol. The van der Waals surface area contributed by atoms with Gasteiger partial charge in [0.1, 0.15) is 18.5 Å². The maximum Gasteiger partial charge on any atom is 0.421 e. The molecule has 1 aliphatic heterocycles. The molecule has 0 amide bonds. The number of benzene rings is 1. The van der Waals surface area contributed by atoms with Crippen molar-refractivity contribution in [3.8, 4) is 0 Å². The third kappa shape index (κ3) is 5.92. The lowest BCUT2D eigenvalue weighted by Gasteiger charge is -2.24. The van der Waals surface area contributed by atoms with Crippen molar-refractivity contribution >= 4 is 29.9 Å². The van der Waals surface area contributed by atoms with E-state index in [1.165, 1.54) is 13.3 Å². The summed E-state index contributed by atoms with van der Waals surface area (Å²) in [5.74, 6) is -0.702. The summed E-state index contributed by atoms with van der Waals surface area (Å²) in [5, 5.41) is 8.33. The highest BCUT2D eigenvalue weighted by atomic mass is 31.2. The Balaban J connectivity index is 2.02. The zero-order chi connectivity index (χ0) is 23.7. The molecule has 2 aromatic rings. The smallest absolute Gasteiger partial charge is 0.350 e. The third-order valence-corrected chi connectivity index (χ3v) is 6.41. The third-order valence-electron chi connectivity index (χ3n) is 4.88. The maximum atomic E-state index is 13.5. The standard InChI is InChI=1S/C19H22F6N5OP/c1-32(2,31)15-8-11(18(20,21)22)5-6-14(15)29-16-13(19(23,24)25)10-27-17(30-16)28-12-4-3-7-26-9-12/h5-6,8,10,12,26H,3-4,7,9H2,1-2H3,(H2,27,28,29,30)/t12-/m0/s1. The number of aromatic nitrogens is 2. The summed E-state index contributed by atoms with van der Waals surface area (Å²) in [6.07, 6.45) is -7.26. The van der Waals surface area contributed by atoms with Crippen LogP contribution in [0.2, 0.25) is 0 Å². The Morgan fingerprint density at radius 1 is 1.12 bits per heavy atom. The largest absolute Gasteiger partial charge is 0.421 e. The number of piperidine rings is 1. The van der Waals surface area contributed by atoms with Gasteiger partial charge in [0.05, 0.1) is 11.3 Å². The summed E-state index contributed by atoms with van der Waals surface area (Å²) < 4.78 is 92.6. The number of nitrogens with one attached hydrogen (secondary N) is 3. The Morgan fingerprint density at radius 2 is 1.84 bits per heavy atom. The molecular weight excluding hydrogens is 459 g/mol. The van der Waals surface area contributed by atoms with E-state index in [4.69, 9.17) is 0 Å². The summed E-state index contributed by atoms with van der Waals surface area (Å²) in [6, 6.07) is 2.27. The molecule has 1 atom stereocenters. The second-order valence-electron chi connectivity index (χ2n) is 7.85. The van der Waals surface area contributed by atoms with Crippen molar-refractivity contribution in [1.29, 1.82) is 0 Å². The molecule has 176 valence electrons. The van der Waals surface area contributed by atoms with Gasteiger partial charge in [-0.2, -0.15) is 31.3 Å². The van der Waals surface area contributed by atoms with E-state index in [2.05, 4.69) is 25.9 Å².